The van der Waals surface area contributed by atoms with Gasteiger partial charge in [0.15, 0.2) is 0 Å². The van der Waals surface area contributed by atoms with Crippen molar-refractivity contribution in [3.8, 4) is 0 Å². The Kier molecular flexibility index (Phi) is 2.04. The number of carbonyl (C=O) groups excluding carboxylic acids is 1. The lowest BCUT2D eigenvalue weighted by Gasteiger charge is -2.13. The van der Waals surface area contributed by atoms with E-state index in [1.54, 1.807) is 14.8 Å². The molecule has 46 valence electrons. The quantitative estimate of drug-likeness (QED) is 0.333. The molecule has 0 bridgehead atoms. The molecule has 0 spiro atoms. The number of methoxy groups -OCH3 is 1. The van der Waals surface area contributed by atoms with Gasteiger partial charge in [0.1, 0.15) is 7.85 Å². The Morgan fingerprint density at radius 3 is 2.25 bits per heavy atom. The van der Waals surface area contributed by atoms with Crippen LogP contribution < -0.4 is 5.73 Å². The van der Waals surface area contributed by atoms with Gasteiger partial charge in [-0.15, -0.1) is 0 Å². The summed E-state index contributed by atoms with van der Waals surface area (Å²) in [5.41, 5.74) is 4.46. The van der Waals surface area contributed by atoms with Crippen LogP contribution in [0.25, 0.3) is 0 Å². The molecule has 0 rings (SSSR count). The van der Waals surface area contributed by atoms with E-state index in [1.165, 1.54) is 7.11 Å². The van der Waals surface area contributed by atoms with Gasteiger partial charge in [0, 0.05) is 0 Å². The molecule has 0 aromatic rings. The summed E-state index contributed by atoms with van der Waals surface area (Å²) in [5.74, 6) is -0.391. The topological polar surface area (TPSA) is 52.3 Å². The van der Waals surface area contributed by atoms with Crippen LogP contribution in [0.5, 0.6) is 0 Å². The smallest absolute Gasteiger partial charge is 0.316 e. The van der Waals surface area contributed by atoms with Crippen LogP contribution >= 0.6 is 0 Å². The second kappa shape index (κ2) is 2.18. The Bertz CT molecular complexity index is 96.7. The molecule has 0 aromatic heterocycles. The van der Waals surface area contributed by atoms with Crippen molar-refractivity contribution in [3.63, 3.8) is 0 Å². The Morgan fingerprint density at radius 2 is 2.25 bits per heavy atom. The van der Waals surface area contributed by atoms with E-state index in [2.05, 4.69) is 4.74 Å². The van der Waals surface area contributed by atoms with Crippen molar-refractivity contribution in [1.82, 2.24) is 0 Å². The van der Waals surface area contributed by atoms with Crippen LogP contribution in [-0.2, 0) is 9.53 Å². The van der Waals surface area contributed by atoms with Crippen LogP contribution in [0.2, 0.25) is 0 Å². The lowest BCUT2D eigenvalue weighted by Crippen LogP contribution is -2.46. The fraction of sp³-hybridized carbons (Fsp3) is 0.750. The highest BCUT2D eigenvalue weighted by atomic mass is 16.5. The van der Waals surface area contributed by atoms with Crippen LogP contribution in [0.15, 0.2) is 0 Å². The maximum atomic E-state index is 10.5. The molecule has 1 atom stereocenters. The number of esters is 1. The van der Waals surface area contributed by atoms with E-state index in [-0.39, 0.29) is 0 Å². The van der Waals surface area contributed by atoms with Crippen molar-refractivity contribution >= 4 is 13.8 Å². The largest absolute Gasteiger partial charge is 0.468 e. The molecule has 8 heavy (non-hydrogen) atoms. The lowest BCUT2D eigenvalue weighted by atomic mass is 9.81. The van der Waals surface area contributed by atoms with Crippen LogP contribution in [0.1, 0.15) is 6.92 Å². The van der Waals surface area contributed by atoms with Gasteiger partial charge >= 0.3 is 5.97 Å². The van der Waals surface area contributed by atoms with E-state index in [0.717, 1.165) is 0 Å². The highest BCUT2D eigenvalue weighted by Gasteiger charge is 2.21. The summed E-state index contributed by atoms with van der Waals surface area (Å²) < 4.78 is 4.35. The maximum absolute atomic E-state index is 10.5. The Morgan fingerprint density at radius 1 is 1.88 bits per heavy atom. The first-order valence-corrected chi connectivity index (χ1v) is 2.36. The average molecular weight is 115 g/mol. The van der Waals surface area contributed by atoms with Gasteiger partial charge in [0.2, 0.25) is 0 Å². The van der Waals surface area contributed by atoms with Crippen molar-refractivity contribution < 1.29 is 9.53 Å². The number of carbonyl (C=O) groups is 1. The molecule has 0 radical (unpaired) electrons. The summed E-state index contributed by atoms with van der Waals surface area (Å²) in [4.78, 5) is 10.5. The van der Waals surface area contributed by atoms with E-state index in [1.807, 2.05) is 0 Å². The molecule has 0 saturated carbocycles. The van der Waals surface area contributed by atoms with E-state index in [9.17, 15) is 4.79 Å². The number of nitrogens with two attached hydrogens (primary N) is 1. The zero-order valence-corrected chi connectivity index (χ0v) is 5.39. The molecule has 0 amide bonds. The third kappa shape index (κ3) is 1.98. The lowest BCUT2D eigenvalue weighted by molar-refractivity contribution is -0.143. The van der Waals surface area contributed by atoms with Crippen LogP contribution in [0.4, 0.5) is 0 Å². The molecule has 4 heteroatoms. The van der Waals surface area contributed by atoms with E-state index >= 15 is 0 Å². The van der Waals surface area contributed by atoms with Crippen molar-refractivity contribution in [3.05, 3.63) is 0 Å². The van der Waals surface area contributed by atoms with Crippen LogP contribution in [0.3, 0.4) is 0 Å². The normalized spacial score (nSPS) is 16.9. The molecule has 0 aliphatic heterocycles. The van der Waals surface area contributed by atoms with Gasteiger partial charge in [-0.25, -0.2) is 0 Å². The van der Waals surface area contributed by atoms with Crippen molar-refractivity contribution in [2.45, 2.75) is 12.4 Å². The maximum Gasteiger partial charge on any atom is 0.316 e. The first kappa shape index (κ1) is 7.49. The number of hydrogen-bond acceptors (Lipinski definition) is 3. The van der Waals surface area contributed by atoms with E-state index in [4.69, 9.17) is 5.73 Å². The highest BCUT2D eigenvalue weighted by molar-refractivity contribution is 6.26. The average Bonchev–Trinajstić information content (AvgIpc) is 1.62. The molecular weight excluding hydrogens is 105 g/mol. The number of rotatable bonds is 1. The monoisotopic (exact) mass is 115 g/mol. The van der Waals surface area contributed by atoms with Gasteiger partial charge in [-0.2, -0.15) is 0 Å². The van der Waals surface area contributed by atoms with Crippen molar-refractivity contribution in [2.24, 2.45) is 5.73 Å². The third-order valence-corrected chi connectivity index (χ3v) is 0.711. The third-order valence-electron chi connectivity index (χ3n) is 0.711. The van der Waals surface area contributed by atoms with E-state index < -0.39 is 11.4 Å². The van der Waals surface area contributed by atoms with Crippen molar-refractivity contribution in [1.29, 1.82) is 0 Å². The minimum atomic E-state index is -0.852. The predicted molar refractivity (Wildman–Crippen MR) is 33.2 cm³/mol. The minimum Gasteiger partial charge on any atom is -0.468 e. The molecule has 0 fully saturated rings. The molecule has 0 aliphatic carbocycles. The molecular formula is C4H10BNO2. The zero-order valence-electron chi connectivity index (χ0n) is 5.39. The standard InChI is InChI=1S/C4H10BNO2/c1-4(5,6)3(7)8-2/h5-6H2,1-2H3. The summed E-state index contributed by atoms with van der Waals surface area (Å²) in [7, 11) is 2.91. The molecule has 1 unspecified atom stereocenters. The SMILES string of the molecule is BC(C)(N)C(=O)OC. The van der Waals surface area contributed by atoms with Gasteiger partial charge in [0.25, 0.3) is 0 Å². The molecule has 0 saturated heterocycles. The second-order valence-electron chi connectivity index (χ2n) is 2.21. The van der Waals surface area contributed by atoms with E-state index in [0.29, 0.717) is 0 Å². The molecule has 3 nitrogen and oxygen atoms in total. The van der Waals surface area contributed by atoms with Gasteiger partial charge in [0.05, 0.1) is 12.5 Å². The minimum absolute atomic E-state index is 0.391. The second-order valence-corrected chi connectivity index (χ2v) is 2.21. The fourth-order valence-electron chi connectivity index (χ4n) is 0.263. The van der Waals surface area contributed by atoms with Gasteiger partial charge in [-0.1, -0.05) is 0 Å². The summed E-state index contributed by atoms with van der Waals surface area (Å²) in [6.07, 6.45) is 0. The van der Waals surface area contributed by atoms with Gasteiger partial charge < -0.3 is 10.5 Å². The molecule has 2 N–H and O–H groups in total. The molecule has 0 aromatic carbocycles. The van der Waals surface area contributed by atoms with Crippen molar-refractivity contribution in [2.75, 3.05) is 7.11 Å². The first-order valence-electron chi connectivity index (χ1n) is 2.36. The number of ether oxygens (including phenoxy) is 1. The van der Waals surface area contributed by atoms with Crippen LogP contribution in [0, 0.1) is 0 Å². The summed E-state index contributed by atoms with van der Waals surface area (Å²) in [5, 5.41) is 0. The molecule has 0 aliphatic rings. The van der Waals surface area contributed by atoms with Gasteiger partial charge in [-0.3, -0.25) is 4.79 Å². The molecule has 0 heterocycles. The fourth-order valence-corrected chi connectivity index (χ4v) is 0.263. The first-order chi connectivity index (χ1) is 3.48. The zero-order chi connectivity index (χ0) is 6.78. The summed E-state index contributed by atoms with van der Waals surface area (Å²) in [6, 6.07) is 0. The summed E-state index contributed by atoms with van der Waals surface area (Å²) in [6.45, 7) is 1.60. The Labute approximate surface area is 49.6 Å². The number of hydrogen-bond donors (Lipinski definition) is 1. The highest BCUT2D eigenvalue weighted by Crippen LogP contribution is 1.92. The van der Waals surface area contributed by atoms with Gasteiger partial charge in [-0.05, 0) is 6.92 Å². The predicted octanol–water partition coefficient (Wildman–Crippen LogP) is -1.53. The summed E-state index contributed by atoms with van der Waals surface area (Å²) >= 11 is 0. The Hall–Kier alpha value is -0.505. The van der Waals surface area contributed by atoms with Crippen LogP contribution in [-0.4, -0.2) is 26.4 Å². The Balaban J connectivity index is 3.82.